The molecule has 0 radical (unpaired) electrons. The van der Waals surface area contributed by atoms with Crippen molar-refractivity contribution in [1.29, 1.82) is 0 Å². The molecule has 0 bridgehead atoms. The van der Waals surface area contributed by atoms with Gasteiger partial charge < -0.3 is 24.7 Å². The van der Waals surface area contributed by atoms with Gasteiger partial charge in [-0.05, 0) is 27.7 Å². The molecule has 0 spiro atoms. The number of carboxylic acids is 1. The molecular weight excluding hydrogens is 301 g/mol. The van der Waals surface area contributed by atoms with E-state index in [-0.39, 0.29) is 53.9 Å². The van der Waals surface area contributed by atoms with Crippen molar-refractivity contribution in [3.05, 3.63) is 22.5 Å². The van der Waals surface area contributed by atoms with E-state index in [1.54, 1.807) is 13.8 Å². The molecule has 116 valence electrons. The maximum atomic E-state index is 12.0. The SMILES string of the molecule is CCOC(=O)C1=C(C)NC(C)=C(C(=O)OCC)C1C(=O)[O-].[Na+]. The molecule has 0 saturated carbocycles. The third-order valence-corrected chi connectivity index (χ3v) is 2.99. The second-order valence-corrected chi connectivity index (χ2v) is 4.40. The Bertz CT molecular complexity index is 497. The zero-order chi connectivity index (χ0) is 16.2. The normalized spacial score (nSPS) is 14.9. The summed E-state index contributed by atoms with van der Waals surface area (Å²) < 4.78 is 9.71. The number of carboxylic acid groups (broad SMARTS) is 1. The van der Waals surface area contributed by atoms with Crippen LogP contribution in [0.5, 0.6) is 0 Å². The number of esters is 2. The van der Waals surface area contributed by atoms with Crippen LogP contribution in [-0.2, 0) is 23.9 Å². The number of nitrogens with one attached hydrogen (secondary N) is 1. The molecule has 22 heavy (non-hydrogen) atoms. The molecule has 0 aliphatic carbocycles. The fourth-order valence-electron chi connectivity index (χ4n) is 2.19. The predicted molar refractivity (Wildman–Crippen MR) is 70.3 cm³/mol. The third-order valence-electron chi connectivity index (χ3n) is 2.99. The Balaban J connectivity index is 0.00000441. The summed E-state index contributed by atoms with van der Waals surface area (Å²) in [6.07, 6.45) is 0. The zero-order valence-electron chi connectivity index (χ0n) is 13.4. The molecule has 0 aromatic carbocycles. The molecule has 0 saturated heterocycles. The Morgan fingerprint density at radius 1 is 1.00 bits per heavy atom. The van der Waals surface area contributed by atoms with Crippen LogP contribution in [0.4, 0.5) is 0 Å². The summed E-state index contributed by atoms with van der Waals surface area (Å²) in [4.78, 5) is 35.4. The summed E-state index contributed by atoms with van der Waals surface area (Å²) in [5.41, 5.74) is 0.331. The Morgan fingerprint density at radius 3 is 1.64 bits per heavy atom. The van der Waals surface area contributed by atoms with Crippen LogP contribution in [0, 0.1) is 5.92 Å². The maximum Gasteiger partial charge on any atom is 1.00 e. The first-order valence-corrected chi connectivity index (χ1v) is 6.58. The molecule has 0 aromatic rings. The smallest absolute Gasteiger partial charge is 0.549 e. The molecule has 0 unspecified atom stereocenters. The summed E-state index contributed by atoms with van der Waals surface area (Å²) in [6.45, 7) is 6.46. The molecule has 1 aliphatic heterocycles. The van der Waals surface area contributed by atoms with Crippen molar-refractivity contribution in [2.75, 3.05) is 13.2 Å². The van der Waals surface area contributed by atoms with E-state index in [0.29, 0.717) is 11.4 Å². The zero-order valence-corrected chi connectivity index (χ0v) is 15.4. The molecule has 1 rings (SSSR count). The predicted octanol–water partition coefficient (Wildman–Crippen LogP) is -3.37. The van der Waals surface area contributed by atoms with Gasteiger partial charge in [-0.15, -0.1) is 0 Å². The van der Waals surface area contributed by atoms with Gasteiger partial charge in [-0.1, -0.05) is 0 Å². The van der Waals surface area contributed by atoms with E-state index in [1.807, 2.05) is 0 Å². The van der Waals surface area contributed by atoms with Crippen LogP contribution >= 0.6 is 0 Å². The Morgan fingerprint density at radius 2 is 1.36 bits per heavy atom. The van der Waals surface area contributed by atoms with Crippen LogP contribution in [0.15, 0.2) is 22.5 Å². The molecule has 1 aliphatic rings. The van der Waals surface area contributed by atoms with Crippen molar-refractivity contribution < 1.29 is 58.5 Å². The van der Waals surface area contributed by atoms with Gasteiger partial charge in [0.15, 0.2) is 0 Å². The summed E-state index contributed by atoms with van der Waals surface area (Å²) >= 11 is 0. The van der Waals surface area contributed by atoms with Gasteiger partial charge in [0.2, 0.25) is 0 Å². The summed E-state index contributed by atoms with van der Waals surface area (Å²) in [5.74, 6) is -4.66. The van der Waals surface area contributed by atoms with Gasteiger partial charge in [-0.25, -0.2) is 9.59 Å². The van der Waals surface area contributed by atoms with Crippen molar-refractivity contribution >= 4 is 17.9 Å². The second-order valence-electron chi connectivity index (χ2n) is 4.40. The van der Waals surface area contributed by atoms with E-state index in [1.165, 1.54) is 13.8 Å². The first-order chi connectivity index (χ1) is 9.84. The summed E-state index contributed by atoms with van der Waals surface area (Å²) in [7, 11) is 0. The number of ether oxygens (including phenoxy) is 2. The number of dihydropyridines is 1. The van der Waals surface area contributed by atoms with Gasteiger partial charge in [-0.3, -0.25) is 0 Å². The third kappa shape index (κ3) is 4.34. The molecule has 0 fully saturated rings. The van der Waals surface area contributed by atoms with Gasteiger partial charge in [0.05, 0.1) is 36.2 Å². The second kappa shape index (κ2) is 8.97. The van der Waals surface area contributed by atoms with E-state index in [4.69, 9.17) is 9.47 Å². The average Bonchev–Trinajstić information content (AvgIpc) is 2.37. The van der Waals surface area contributed by atoms with E-state index < -0.39 is 23.8 Å². The van der Waals surface area contributed by atoms with Gasteiger partial charge in [0, 0.05) is 11.4 Å². The van der Waals surface area contributed by atoms with Crippen molar-refractivity contribution in [1.82, 2.24) is 5.32 Å². The molecule has 8 heteroatoms. The topological polar surface area (TPSA) is 105 Å². The minimum Gasteiger partial charge on any atom is -0.549 e. The van der Waals surface area contributed by atoms with Crippen molar-refractivity contribution in [3.8, 4) is 0 Å². The van der Waals surface area contributed by atoms with E-state index in [0.717, 1.165) is 0 Å². The van der Waals surface area contributed by atoms with Crippen molar-refractivity contribution in [2.45, 2.75) is 27.7 Å². The number of allylic oxidation sites excluding steroid dienone is 2. The fraction of sp³-hybridized carbons (Fsp3) is 0.500. The summed E-state index contributed by atoms with van der Waals surface area (Å²) in [5, 5.41) is 14.3. The van der Waals surface area contributed by atoms with Crippen molar-refractivity contribution in [2.24, 2.45) is 5.92 Å². The first kappa shape index (κ1) is 20.7. The van der Waals surface area contributed by atoms with Gasteiger partial charge in [0.1, 0.15) is 0 Å². The van der Waals surface area contributed by atoms with Crippen LogP contribution in [0.2, 0.25) is 0 Å². The van der Waals surface area contributed by atoms with Gasteiger partial charge in [-0.2, -0.15) is 0 Å². The van der Waals surface area contributed by atoms with Crippen LogP contribution in [-0.4, -0.2) is 31.1 Å². The van der Waals surface area contributed by atoms with E-state index >= 15 is 0 Å². The number of hydrogen-bond acceptors (Lipinski definition) is 7. The minimum absolute atomic E-state index is 0. The number of aliphatic carboxylic acids is 1. The monoisotopic (exact) mass is 319 g/mol. The quantitative estimate of drug-likeness (QED) is 0.417. The largest absolute Gasteiger partial charge is 1.00 e. The molecule has 0 amide bonds. The number of carbonyl (C=O) groups is 3. The maximum absolute atomic E-state index is 12.0. The molecule has 0 aromatic heterocycles. The number of hydrogen-bond donors (Lipinski definition) is 1. The number of rotatable bonds is 5. The van der Waals surface area contributed by atoms with Crippen LogP contribution in [0.3, 0.4) is 0 Å². The Hall–Kier alpha value is -1.31. The minimum atomic E-state index is -1.55. The van der Waals surface area contributed by atoms with Crippen LogP contribution < -0.4 is 40.0 Å². The average molecular weight is 319 g/mol. The Kier molecular flexibility index (Phi) is 8.44. The molecule has 1 heterocycles. The van der Waals surface area contributed by atoms with Gasteiger partial charge >= 0.3 is 41.5 Å². The van der Waals surface area contributed by atoms with E-state index in [2.05, 4.69) is 5.32 Å². The van der Waals surface area contributed by atoms with Crippen molar-refractivity contribution in [3.63, 3.8) is 0 Å². The number of carbonyl (C=O) groups excluding carboxylic acids is 3. The van der Waals surface area contributed by atoms with Gasteiger partial charge in [0.25, 0.3) is 0 Å². The molecule has 7 nitrogen and oxygen atoms in total. The standard InChI is InChI=1S/C14H19NO6.Na/c1-5-20-13(18)9-7(3)15-8(4)10(11(9)12(16)17)14(19)21-6-2;/h11,15H,5-6H2,1-4H3,(H,16,17);/q;+1/p-1. The molecular formula is C14H18NNaO6. The fourth-order valence-corrected chi connectivity index (χ4v) is 2.19. The molecule has 1 N–H and O–H groups in total. The molecule has 0 atom stereocenters. The first-order valence-electron chi connectivity index (χ1n) is 6.58. The van der Waals surface area contributed by atoms with Crippen LogP contribution in [0.1, 0.15) is 27.7 Å². The Labute approximate surface area is 151 Å². The summed E-state index contributed by atoms with van der Waals surface area (Å²) in [6, 6.07) is 0. The van der Waals surface area contributed by atoms with Crippen LogP contribution in [0.25, 0.3) is 0 Å². The van der Waals surface area contributed by atoms with E-state index in [9.17, 15) is 19.5 Å².